The summed E-state index contributed by atoms with van der Waals surface area (Å²) in [7, 11) is 0. The summed E-state index contributed by atoms with van der Waals surface area (Å²) in [5, 5.41) is 2.52. The summed E-state index contributed by atoms with van der Waals surface area (Å²) in [6.45, 7) is 2.05. The van der Waals surface area contributed by atoms with E-state index in [1.807, 2.05) is 19.1 Å². The molecule has 2 nitrogen and oxygen atoms in total. The second-order valence-electron chi connectivity index (χ2n) is 3.49. The number of rotatable bonds is 2. The molecular formula is C12H14N2. The van der Waals surface area contributed by atoms with E-state index in [0.29, 0.717) is 0 Å². The fourth-order valence-corrected chi connectivity index (χ4v) is 1.57. The van der Waals surface area contributed by atoms with E-state index in [0.717, 1.165) is 0 Å². The van der Waals surface area contributed by atoms with Crippen LogP contribution in [0.4, 0.5) is 0 Å². The SMILES string of the molecule is C[C@H](NN)c1ccc2ccccc2c1. The maximum atomic E-state index is 5.40. The van der Waals surface area contributed by atoms with Gasteiger partial charge in [0.2, 0.25) is 0 Å². The van der Waals surface area contributed by atoms with E-state index < -0.39 is 0 Å². The first-order chi connectivity index (χ1) is 6.81. The zero-order valence-corrected chi connectivity index (χ0v) is 8.20. The van der Waals surface area contributed by atoms with Crippen LogP contribution in [0.25, 0.3) is 10.8 Å². The Labute approximate surface area is 83.7 Å². The standard InChI is InChI=1S/C12H14N2/c1-9(14-13)11-7-6-10-4-2-3-5-12(10)8-11/h2-9,14H,13H2,1H3/t9-/m0/s1. The summed E-state index contributed by atoms with van der Waals surface area (Å²) in [5.74, 6) is 5.40. The largest absolute Gasteiger partial charge is 0.271 e. The topological polar surface area (TPSA) is 38.0 Å². The monoisotopic (exact) mass is 186 g/mol. The first-order valence-corrected chi connectivity index (χ1v) is 4.76. The minimum Gasteiger partial charge on any atom is -0.271 e. The van der Waals surface area contributed by atoms with E-state index in [1.165, 1.54) is 16.3 Å². The van der Waals surface area contributed by atoms with Crippen molar-refractivity contribution in [3.8, 4) is 0 Å². The van der Waals surface area contributed by atoms with Crippen molar-refractivity contribution < 1.29 is 0 Å². The Hall–Kier alpha value is -1.38. The third-order valence-corrected chi connectivity index (χ3v) is 2.52. The van der Waals surface area contributed by atoms with Crippen LogP contribution in [0.5, 0.6) is 0 Å². The average Bonchev–Trinajstić information content (AvgIpc) is 2.27. The van der Waals surface area contributed by atoms with E-state index in [-0.39, 0.29) is 6.04 Å². The van der Waals surface area contributed by atoms with Gasteiger partial charge in [-0.25, -0.2) is 0 Å². The van der Waals surface area contributed by atoms with Crippen molar-refractivity contribution in [2.45, 2.75) is 13.0 Å². The molecule has 0 bridgehead atoms. The predicted molar refractivity (Wildman–Crippen MR) is 59.7 cm³/mol. The Morgan fingerprint density at radius 1 is 1.07 bits per heavy atom. The highest BCUT2D eigenvalue weighted by molar-refractivity contribution is 5.83. The van der Waals surface area contributed by atoms with Gasteiger partial charge in [-0.1, -0.05) is 36.4 Å². The number of hydrazine groups is 1. The fraction of sp³-hybridized carbons (Fsp3) is 0.167. The molecule has 2 aromatic carbocycles. The number of nitrogens with one attached hydrogen (secondary N) is 1. The summed E-state index contributed by atoms with van der Waals surface area (Å²) in [6, 6.07) is 14.9. The van der Waals surface area contributed by atoms with Crippen LogP contribution < -0.4 is 11.3 Å². The average molecular weight is 186 g/mol. The van der Waals surface area contributed by atoms with Gasteiger partial charge in [-0.05, 0) is 29.3 Å². The zero-order chi connectivity index (χ0) is 9.97. The van der Waals surface area contributed by atoms with Crippen LogP contribution in [-0.2, 0) is 0 Å². The molecule has 0 aromatic heterocycles. The van der Waals surface area contributed by atoms with Gasteiger partial charge >= 0.3 is 0 Å². The van der Waals surface area contributed by atoms with Crippen molar-refractivity contribution in [3.63, 3.8) is 0 Å². The number of hydrogen-bond acceptors (Lipinski definition) is 2. The Bertz CT molecular complexity index is 437. The van der Waals surface area contributed by atoms with Crippen LogP contribution in [0.1, 0.15) is 18.5 Å². The lowest BCUT2D eigenvalue weighted by molar-refractivity contribution is 0.603. The first-order valence-electron chi connectivity index (χ1n) is 4.76. The van der Waals surface area contributed by atoms with Crippen LogP contribution in [0.15, 0.2) is 42.5 Å². The van der Waals surface area contributed by atoms with Gasteiger partial charge in [0.1, 0.15) is 0 Å². The van der Waals surface area contributed by atoms with Gasteiger partial charge in [0.05, 0.1) is 0 Å². The normalized spacial score (nSPS) is 13.0. The Morgan fingerprint density at radius 3 is 2.50 bits per heavy atom. The third-order valence-electron chi connectivity index (χ3n) is 2.52. The Balaban J connectivity index is 2.51. The Morgan fingerprint density at radius 2 is 1.79 bits per heavy atom. The van der Waals surface area contributed by atoms with Crippen LogP contribution in [-0.4, -0.2) is 0 Å². The van der Waals surface area contributed by atoms with Crippen LogP contribution in [0.3, 0.4) is 0 Å². The van der Waals surface area contributed by atoms with Crippen molar-refractivity contribution in [1.82, 2.24) is 5.43 Å². The molecule has 0 amide bonds. The molecule has 0 fully saturated rings. The molecule has 0 aliphatic rings. The van der Waals surface area contributed by atoms with Crippen LogP contribution in [0, 0.1) is 0 Å². The minimum atomic E-state index is 0.194. The lowest BCUT2D eigenvalue weighted by atomic mass is 10.0. The van der Waals surface area contributed by atoms with E-state index in [4.69, 9.17) is 5.84 Å². The third kappa shape index (κ3) is 1.62. The second-order valence-corrected chi connectivity index (χ2v) is 3.49. The summed E-state index contributed by atoms with van der Waals surface area (Å²) in [4.78, 5) is 0. The molecule has 14 heavy (non-hydrogen) atoms. The predicted octanol–water partition coefficient (Wildman–Crippen LogP) is 2.36. The molecule has 0 heterocycles. The number of nitrogens with two attached hydrogens (primary N) is 1. The lowest BCUT2D eigenvalue weighted by Crippen LogP contribution is -2.25. The van der Waals surface area contributed by atoms with Gasteiger partial charge in [0.15, 0.2) is 0 Å². The zero-order valence-electron chi connectivity index (χ0n) is 8.20. The van der Waals surface area contributed by atoms with Crippen molar-refractivity contribution >= 4 is 10.8 Å². The van der Waals surface area contributed by atoms with Crippen LogP contribution in [0.2, 0.25) is 0 Å². The van der Waals surface area contributed by atoms with Gasteiger partial charge in [0.25, 0.3) is 0 Å². The van der Waals surface area contributed by atoms with E-state index in [1.54, 1.807) is 0 Å². The molecule has 3 N–H and O–H groups in total. The molecule has 0 saturated carbocycles. The van der Waals surface area contributed by atoms with E-state index in [9.17, 15) is 0 Å². The maximum Gasteiger partial charge on any atom is 0.0432 e. The van der Waals surface area contributed by atoms with Gasteiger partial charge < -0.3 is 0 Å². The molecule has 2 heteroatoms. The molecule has 0 aliphatic carbocycles. The molecular weight excluding hydrogens is 172 g/mol. The van der Waals surface area contributed by atoms with Gasteiger partial charge in [0, 0.05) is 6.04 Å². The van der Waals surface area contributed by atoms with E-state index in [2.05, 4.69) is 35.8 Å². The fourth-order valence-electron chi connectivity index (χ4n) is 1.57. The Kier molecular flexibility index (Phi) is 2.48. The van der Waals surface area contributed by atoms with Gasteiger partial charge in [-0.2, -0.15) is 0 Å². The van der Waals surface area contributed by atoms with Crippen molar-refractivity contribution in [1.29, 1.82) is 0 Å². The molecule has 0 spiro atoms. The highest BCUT2D eigenvalue weighted by atomic mass is 15.2. The van der Waals surface area contributed by atoms with E-state index >= 15 is 0 Å². The molecule has 2 aromatic rings. The quantitative estimate of drug-likeness (QED) is 0.558. The van der Waals surface area contributed by atoms with Crippen molar-refractivity contribution in [3.05, 3.63) is 48.0 Å². The molecule has 2 rings (SSSR count). The molecule has 0 saturated heterocycles. The highest BCUT2D eigenvalue weighted by Crippen LogP contribution is 2.19. The van der Waals surface area contributed by atoms with Crippen LogP contribution >= 0.6 is 0 Å². The summed E-state index contributed by atoms with van der Waals surface area (Å²) in [5.41, 5.74) is 3.96. The number of fused-ring (bicyclic) bond motifs is 1. The molecule has 72 valence electrons. The number of hydrogen-bond donors (Lipinski definition) is 2. The summed E-state index contributed by atoms with van der Waals surface area (Å²) < 4.78 is 0. The lowest BCUT2D eigenvalue weighted by Gasteiger charge is -2.10. The maximum absolute atomic E-state index is 5.40. The smallest absolute Gasteiger partial charge is 0.0432 e. The van der Waals surface area contributed by atoms with Gasteiger partial charge in [-0.3, -0.25) is 11.3 Å². The molecule has 0 radical (unpaired) electrons. The summed E-state index contributed by atoms with van der Waals surface area (Å²) in [6.07, 6.45) is 0. The highest BCUT2D eigenvalue weighted by Gasteiger charge is 2.02. The van der Waals surface area contributed by atoms with Crippen molar-refractivity contribution in [2.75, 3.05) is 0 Å². The number of benzene rings is 2. The minimum absolute atomic E-state index is 0.194. The van der Waals surface area contributed by atoms with Crippen molar-refractivity contribution in [2.24, 2.45) is 5.84 Å². The molecule has 1 atom stereocenters. The second kappa shape index (κ2) is 3.78. The summed E-state index contributed by atoms with van der Waals surface area (Å²) >= 11 is 0. The molecule has 0 unspecified atom stereocenters. The van der Waals surface area contributed by atoms with Gasteiger partial charge in [-0.15, -0.1) is 0 Å². The molecule has 0 aliphatic heterocycles. The first kappa shape index (κ1) is 9.19.